The van der Waals surface area contributed by atoms with Crippen molar-refractivity contribution in [3.63, 3.8) is 0 Å². The van der Waals surface area contributed by atoms with Gasteiger partial charge in [-0.2, -0.15) is 0 Å². The second kappa shape index (κ2) is 7.44. The molecule has 1 aliphatic heterocycles. The van der Waals surface area contributed by atoms with Gasteiger partial charge in [-0.15, -0.1) is 0 Å². The van der Waals surface area contributed by atoms with Crippen molar-refractivity contribution in [2.75, 3.05) is 11.9 Å². The van der Waals surface area contributed by atoms with Crippen LogP contribution in [0, 0.1) is 0 Å². The highest BCUT2D eigenvalue weighted by Crippen LogP contribution is 2.28. The molecular formula is C17H18ClN3O2. The van der Waals surface area contributed by atoms with Crippen molar-refractivity contribution in [3.8, 4) is 5.75 Å². The fourth-order valence-electron chi connectivity index (χ4n) is 2.47. The molecule has 0 unspecified atom stereocenters. The van der Waals surface area contributed by atoms with Crippen LogP contribution in [0.3, 0.4) is 0 Å². The van der Waals surface area contributed by atoms with Gasteiger partial charge in [-0.1, -0.05) is 17.7 Å². The van der Waals surface area contributed by atoms with Gasteiger partial charge in [0, 0.05) is 11.9 Å². The van der Waals surface area contributed by atoms with Gasteiger partial charge in [0.25, 0.3) is 0 Å². The molecule has 0 radical (unpaired) electrons. The average molecular weight is 332 g/mol. The Labute approximate surface area is 140 Å². The number of nitrogens with zero attached hydrogens (tertiary/aromatic N) is 1. The first-order valence-electron chi connectivity index (χ1n) is 7.59. The van der Waals surface area contributed by atoms with Crippen LogP contribution >= 0.6 is 11.6 Å². The predicted octanol–water partition coefficient (Wildman–Crippen LogP) is 3.00. The molecule has 1 aliphatic rings. The first-order chi connectivity index (χ1) is 11.2. The maximum atomic E-state index is 12.1. The highest BCUT2D eigenvalue weighted by Gasteiger charge is 2.22. The summed E-state index contributed by atoms with van der Waals surface area (Å²) in [4.78, 5) is 16.3. The van der Waals surface area contributed by atoms with Gasteiger partial charge in [0.2, 0.25) is 5.91 Å². The Balaban J connectivity index is 1.60. The Bertz CT molecular complexity index is 673. The highest BCUT2D eigenvalue weighted by atomic mass is 35.5. The molecule has 1 aromatic carbocycles. The molecular weight excluding hydrogens is 314 g/mol. The minimum absolute atomic E-state index is 0.0271. The third-order valence-electron chi connectivity index (χ3n) is 3.68. The number of rotatable bonds is 5. The van der Waals surface area contributed by atoms with Crippen molar-refractivity contribution in [1.82, 2.24) is 10.3 Å². The Morgan fingerprint density at radius 2 is 2.30 bits per heavy atom. The third kappa shape index (κ3) is 4.21. The zero-order chi connectivity index (χ0) is 16.1. The molecule has 0 aliphatic carbocycles. The van der Waals surface area contributed by atoms with Gasteiger partial charge < -0.3 is 15.4 Å². The van der Waals surface area contributed by atoms with Crippen molar-refractivity contribution in [1.29, 1.82) is 0 Å². The summed E-state index contributed by atoms with van der Waals surface area (Å²) >= 11 is 6.23. The van der Waals surface area contributed by atoms with Crippen molar-refractivity contribution < 1.29 is 9.53 Å². The minimum atomic E-state index is -0.117. The number of anilines is 1. The number of aromatic nitrogens is 1. The quantitative estimate of drug-likeness (QED) is 0.884. The van der Waals surface area contributed by atoms with E-state index in [0.717, 1.165) is 25.1 Å². The van der Waals surface area contributed by atoms with Crippen LogP contribution in [0.5, 0.6) is 5.75 Å². The molecule has 1 fully saturated rings. The van der Waals surface area contributed by atoms with Gasteiger partial charge in [-0.25, -0.2) is 0 Å². The Hall–Kier alpha value is -2.11. The number of carbonyl (C=O) groups excluding carboxylic acids is 1. The van der Waals surface area contributed by atoms with Gasteiger partial charge in [-0.05, 0) is 49.7 Å². The SMILES string of the molecule is O=C(Nc1ccc(OCc2ccccn2)c(Cl)c1)[C@H]1CCCN1. The molecule has 1 saturated heterocycles. The van der Waals surface area contributed by atoms with E-state index >= 15 is 0 Å². The predicted molar refractivity (Wildman–Crippen MR) is 89.7 cm³/mol. The topological polar surface area (TPSA) is 63.2 Å². The summed E-state index contributed by atoms with van der Waals surface area (Å²) < 4.78 is 5.66. The average Bonchev–Trinajstić information content (AvgIpc) is 3.10. The lowest BCUT2D eigenvalue weighted by molar-refractivity contribution is -0.117. The fraction of sp³-hybridized carbons (Fsp3) is 0.294. The minimum Gasteiger partial charge on any atom is -0.486 e. The number of carbonyl (C=O) groups is 1. The van der Waals surface area contributed by atoms with E-state index in [1.54, 1.807) is 24.4 Å². The molecule has 0 spiro atoms. The van der Waals surface area contributed by atoms with E-state index in [4.69, 9.17) is 16.3 Å². The second-order valence-electron chi connectivity index (χ2n) is 5.39. The van der Waals surface area contributed by atoms with Gasteiger partial charge in [0.05, 0.1) is 16.8 Å². The first kappa shape index (κ1) is 15.8. The Morgan fingerprint density at radius 1 is 1.39 bits per heavy atom. The molecule has 1 aromatic heterocycles. The molecule has 2 heterocycles. The second-order valence-corrected chi connectivity index (χ2v) is 5.80. The molecule has 2 aromatic rings. The van der Waals surface area contributed by atoms with Crippen molar-refractivity contribution in [2.45, 2.75) is 25.5 Å². The third-order valence-corrected chi connectivity index (χ3v) is 3.97. The van der Waals surface area contributed by atoms with Crippen molar-refractivity contribution in [2.24, 2.45) is 0 Å². The largest absolute Gasteiger partial charge is 0.486 e. The molecule has 1 atom stereocenters. The van der Waals surface area contributed by atoms with Crippen LogP contribution in [-0.2, 0) is 11.4 Å². The molecule has 0 saturated carbocycles. The summed E-state index contributed by atoms with van der Waals surface area (Å²) in [5, 5.41) is 6.49. The molecule has 2 N–H and O–H groups in total. The highest BCUT2D eigenvalue weighted by molar-refractivity contribution is 6.32. The van der Waals surface area contributed by atoms with Gasteiger partial charge in [-0.3, -0.25) is 9.78 Å². The van der Waals surface area contributed by atoms with E-state index in [0.29, 0.717) is 23.1 Å². The molecule has 1 amide bonds. The number of hydrogen-bond donors (Lipinski definition) is 2. The summed E-state index contributed by atoms with van der Waals surface area (Å²) in [7, 11) is 0. The van der Waals surface area contributed by atoms with Crippen LogP contribution in [0.25, 0.3) is 0 Å². The number of pyridine rings is 1. The van der Waals surface area contributed by atoms with Crippen LogP contribution in [0.4, 0.5) is 5.69 Å². The van der Waals surface area contributed by atoms with Crippen molar-refractivity contribution in [3.05, 3.63) is 53.3 Å². The molecule has 23 heavy (non-hydrogen) atoms. The van der Waals surface area contributed by atoms with E-state index in [1.807, 2.05) is 18.2 Å². The lowest BCUT2D eigenvalue weighted by Gasteiger charge is -2.13. The molecule has 5 nitrogen and oxygen atoms in total. The molecule has 3 rings (SSSR count). The Morgan fingerprint density at radius 3 is 3.00 bits per heavy atom. The first-order valence-corrected chi connectivity index (χ1v) is 7.97. The fourth-order valence-corrected chi connectivity index (χ4v) is 2.70. The van der Waals surface area contributed by atoms with Gasteiger partial charge in [0.15, 0.2) is 0 Å². The normalized spacial score (nSPS) is 17.0. The summed E-state index contributed by atoms with van der Waals surface area (Å²) in [6.07, 6.45) is 3.61. The monoisotopic (exact) mass is 331 g/mol. The number of amides is 1. The van der Waals surface area contributed by atoms with Crippen LogP contribution in [-0.4, -0.2) is 23.5 Å². The Kier molecular flexibility index (Phi) is 5.10. The number of ether oxygens (including phenoxy) is 1. The molecule has 6 heteroatoms. The number of hydrogen-bond acceptors (Lipinski definition) is 4. The van der Waals surface area contributed by atoms with Crippen LogP contribution in [0.1, 0.15) is 18.5 Å². The van der Waals surface area contributed by atoms with Crippen LogP contribution in [0.2, 0.25) is 5.02 Å². The number of nitrogens with one attached hydrogen (secondary N) is 2. The summed E-state index contributed by atoms with van der Waals surface area (Å²) in [6.45, 7) is 1.23. The molecule has 120 valence electrons. The maximum absolute atomic E-state index is 12.1. The molecule has 0 bridgehead atoms. The van der Waals surface area contributed by atoms with E-state index < -0.39 is 0 Å². The van der Waals surface area contributed by atoms with E-state index in [1.165, 1.54) is 0 Å². The number of halogens is 1. The van der Waals surface area contributed by atoms with Crippen LogP contribution < -0.4 is 15.4 Å². The number of benzene rings is 1. The van der Waals surface area contributed by atoms with Crippen LogP contribution in [0.15, 0.2) is 42.6 Å². The lowest BCUT2D eigenvalue weighted by atomic mass is 10.2. The van der Waals surface area contributed by atoms with Crippen molar-refractivity contribution >= 4 is 23.2 Å². The standard InChI is InChI=1S/C17H18ClN3O2/c18-14-10-12(21-17(22)15-5-3-9-20-15)6-7-16(14)23-11-13-4-1-2-8-19-13/h1-2,4,6-8,10,15,20H,3,5,9,11H2,(H,21,22)/t15-/m1/s1. The zero-order valence-electron chi connectivity index (χ0n) is 12.6. The maximum Gasteiger partial charge on any atom is 0.241 e. The zero-order valence-corrected chi connectivity index (χ0v) is 13.3. The van der Waals surface area contributed by atoms with Gasteiger partial charge in [0.1, 0.15) is 12.4 Å². The summed E-state index contributed by atoms with van der Waals surface area (Å²) in [6, 6.07) is 10.8. The summed E-state index contributed by atoms with van der Waals surface area (Å²) in [5.74, 6) is 0.537. The van der Waals surface area contributed by atoms with E-state index in [9.17, 15) is 4.79 Å². The summed E-state index contributed by atoms with van der Waals surface area (Å²) in [5.41, 5.74) is 1.49. The van der Waals surface area contributed by atoms with E-state index in [2.05, 4.69) is 15.6 Å². The smallest absolute Gasteiger partial charge is 0.241 e. The van der Waals surface area contributed by atoms with Gasteiger partial charge >= 0.3 is 0 Å². The van der Waals surface area contributed by atoms with E-state index in [-0.39, 0.29) is 11.9 Å². The lowest BCUT2D eigenvalue weighted by Crippen LogP contribution is -2.35.